The lowest BCUT2D eigenvalue weighted by Gasteiger charge is -2.29. The molecule has 0 radical (unpaired) electrons. The Labute approximate surface area is 223 Å². The van der Waals surface area contributed by atoms with Gasteiger partial charge in [0.2, 0.25) is 0 Å². The van der Waals surface area contributed by atoms with Crippen molar-refractivity contribution in [2.75, 3.05) is 11.9 Å². The van der Waals surface area contributed by atoms with Gasteiger partial charge < -0.3 is 4.84 Å². The number of nitrogens with zero attached hydrogens (tertiary/aromatic N) is 5. The first kappa shape index (κ1) is 27.8. The van der Waals surface area contributed by atoms with Crippen LogP contribution in [0.2, 0.25) is 10.0 Å². The highest BCUT2D eigenvalue weighted by Crippen LogP contribution is 2.49. The van der Waals surface area contributed by atoms with Gasteiger partial charge in [-0.15, -0.1) is 5.10 Å². The number of alkyl halides is 5. The van der Waals surface area contributed by atoms with Crippen molar-refractivity contribution in [2.45, 2.75) is 38.0 Å². The minimum absolute atomic E-state index is 0.00455. The summed E-state index contributed by atoms with van der Waals surface area (Å²) in [5.41, 5.74) is -2.25. The van der Waals surface area contributed by atoms with Gasteiger partial charge in [-0.1, -0.05) is 34.4 Å². The molecule has 0 fully saturated rings. The number of amides is 1. The largest absolute Gasteiger partial charge is 0.435 e. The summed E-state index contributed by atoms with van der Waals surface area (Å²) in [6.07, 6.45) is -5.52. The zero-order valence-corrected chi connectivity index (χ0v) is 21.9. The van der Waals surface area contributed by atoms with Crippen LogP contribution >= 0.6 is 23.2 Å². The number of aryl methyl sites for hydroxylation is 2. The van der Waals surface area contributed by atoms with Crippen LogP contribution in [0.4, 0.5) is 27.9 Å². The minimum Gasteiger partial charge on any atom is -0.374 e. The normalized spacial score (nSPS) is 17.8. The van der Waals surface area contributed by atoms with Gasteiger partial charge in [-0.05, 0) is 48.4 Å². The van der Waals surface area contributed by atoms with E-state index in [4.69, 9.17) is 28.0 Å². The van der Waals surface area contributed by atoms with Gasteiger partial charge >= 0.3 is 12.1 Å². The second-order valence-corrected chi connectivity index (χ2v) is 9.80. The van der Waals surface area contributed by atoms with Crippen molar-refractivity contribution >= 4 is 40.8 Å². The lowest BCUT2D eigenvalue weighted by molar-refractivity contribution is -0.275. The van der Waals surface area contributed by atoms with Crippen LogP contribution < -0.4 is 4.90 Å². The van der Waals surface area contributed by atoms with Gasteiger partial charge in [0.05, 0.1) is 5.71 Å². The molecule has 3 aromatic rings. The molecular weight excluding hydrogens is 556 g/mol. The van der Waals surface area contributed by atoms with Crippen LogP contribution in [-0.2, 0) is 23.4 Å². The van der Waals surface area contributed by atoms with Crippen molar-refractivity contribution in [3.63, 3.8) is 0 Å². The maximum Gasteiger partial charge on any atom is 0.435 e. The number of halogens is 7. The SMILES string of the molecule is Cc1cc(C2=NOC(c3cc(Cl)cc(Cl)c3)(C(F)(F)F)C2)ccc1C(=O)N(C)c1nc(C(C)(F)F)n(C)n1. The van der Waals surface area contributed by atoms with Crippen LogP contribution in [0.25, 0.3) is 0 Å². The fourth-order valence-electron chi connectivity index (χ4n) is 4.10. The lowest BCUT2D eigenvalue weighted by Crippen LogP contribution is -2.42. The van der Waals surface area contributed by atoms with Crippen molar-refractivity contribution in [1.82, 2.24) is 14.8 Å². The third-order valence-electron chi connectivity index (χ3n) is 6.05. The minimum atomic E-state index is -4.86. The van der Waals surface area contributed by atoms with E-state index in [1.807, 2.05) is 0 Å². The number of carbonyl (C=O) groups excluding carboxylic acids is 1. The summed E-state index contributed by atoms with van der Waals surface area (Å²) in [4.78, 5) is 22.9. The maximum atomic E-state index is 14.3. The number of carbonyl (C=O) groups is 1. The monoisotopic (exact) mass is 575 g/mol. The van der Waals surface area contributed by atoms with Gasteiger partial charge in [0, 0.05) is 48.6 Å². The Morgan fingerprint density at radius 1 is 1.11 bits per heavy atom. The first-order valence-corrected chi connectivity index (χ1v) is 11.8. The second-order valence-electron chi connectivity index (χ2n) is 8.93. The third-order valence-corrected chi connectivity index (χ3v) is 6.49. The predicted molar refractivity (Wildman–Crippen MR) is 131 cm³/mol. The molecule has 0 saturated carbocycles. The number of hydrogen-bond donors (Lipinski definition) is 0. The molecule has 1 unspecified atom stereocenters. The van der Waals surface area contributed by atoms with E-state index >= 15 is 0 Å². The highest BCUT2D eigenvalue weighted by Gasteiger charge is 2.62. The Morgan fingerprint density at radius 2 is 1.74 bits per heavy atom. The average Bonchev–Trinajstić information content (AvgIpc) is 3.42. The van der Waals surface area contributed by atoms with Crippen molar-refractivity contribution in [3.8, 4) is 0 Å². The van der Waals surface area contributed by atoms with E-state index in [0.717, 1.165) is 21.7 Å². The third kappa shape index (κ3) is 4.94. The summed E-state index contributed by atoms with van der Waals surface area (Å²) in [5, 5.41) is 7.62. The molecule has 0 N–H and O–H groups in total. The molecule has 2 aromatic carbocycles. The average molecular weight is 576 g/mol. The van der Waals surface area contributed by atoms with E-state index in [2.05, 4.69) is 15.2 Å². The molecule has 2 heterocycles. The summed E-state index contributed by atoms with van der Waals surface area (Å²) in [5.74, 6) is -4.73. The summed E-state index contributed by atoms with van der Waals surface area (Å²) < 4.78 is 71.1. The fraction of sp³-hybridized carbons (Fsp3) is 0.333. The van der Waals surface area contributed by atoms with E-state index in [9.17, 15) is 26.7 Å². The van der Waals surface area contributed by atoms with Gasteiger partial charge in [-0.3, -0.25) is 9.69 Å². The van der Waals surface area contributed by atoms with Crippen LogP contribution in [-0.4, -0.2) is 39.6 Å². The number of hydrogen-bond acceptors (Lipinski definition) is 5. The van der Waals surface area contributed by atoms with E-state index in [1.54, 1.807) is 6.92 Å². The number of benzene rings is 2. The molecule has 0 saturated heterocycles. The standard InChI is InChI=1S/C24H20Cl2F5N5O2/c1-12-7-13(5-6-17(12)19(37)35(3)21-32-20(22(2,27)28)36(4)33-21)18-11-23(38-34-18,24(29,30)31)14-8-15(25)10-16(26)9-14/h5-10H,11H2,1-4H3. The van der Waals surface area contributed by atoms with Crippen molar-refractivity contribution in [2.24, 2.45) is 12.2 Å². The van der Waals surface area contributed by atoms with E-state index in [-0.39, 0.29) is 32.8 Å². The molecule has 1 amide bonds. The summed E-state index contributed by atoms with van der Waals surface area (Å²) in [6, 6.07) is 7.84. The molecule has 0 spiro atoms. The van der Waals surface area contributed by atoms with E-state index in [0.29, 0.717) is 18.1 Å². The van der Waals surface area contributed by atoms with Crippen LogP contribution in [0, 0.1) is 6.92 Å². The van der Waals surface area contributed by atoms with Crippen LogP contribution in [0.15, 0.2) is 41.6 Å². The van der Waals surface area contributed by atoms with Gasteiger partial charge in [-0.25, -0.2) is 4.68 Å². The van der Waals surface area contributed by atoms with Crippen molar-refractivity contribution in [3.05, 3.63) is 74.5 Å². The molecule has 1 aliphatic rings. The Kier molecular flexibility index (Phi) is 6.94. The van der Waals surface area contributed by atoms with Crippen molar-refractivity contribution in [1.29, 1.82) is 0 Å². The van der Waals surface area contributed by atoms with Crippen molar-refractivity contribution < 1.29 is 31.6 Å². The summed E-state index contributed by atoms with van der Waals surface area (Å²) in [6.45, 7) is 2.24. The molecule has 202 valence electrons. The summed E-state index contributed by atoms with van der Waals surface area (Å²) in [7, 11) is 2.61. The molecule has 0 bridgehead atoms. The smallest absolute Gasteiger partial charge is 0.374 e. The molecule has 4 rings (SSSR count). The van der Waals surface area contributed by atoms with Gasteiger partial charge in [0.1, 0.15) is 0 Å². The van der Waals surface area contributed by atoms with E-state index in [1.165, 1.54) is 38.4 Å². The first-order chi connectivity index (χ1) is 17.5. The number of aromatic nitrogens is 3. The topological polar surface area (TPSA) is 72.6 Å². The quantitative estimate of drug-likeness (QED) is 0.330. The molecule has 0 aliphatic carbocycles. The fourth-order valence-corrected chi connectivity index (χ4v) is 4.62. The Morgan fingerprint density at radius 3 is 2.26 bits per heavy atom. The molecule has 1 aromatic heterocycles. The van der Waals surface area contributed by atoms with E-state index < -0.39 is 35.9 Å². The molecule has 1 aliphatic heterocycles. The second kappa shape index (κ2) is 9.49. The molecular formula is C24H20Cl2F5N5O2. The highest BCUT2D eigenvalue weighted by atomic mass is 35.5. The zero-order chi connectivity index (χ0) is 28.2. The predicted octanol–water partition coefficient (Wildman–Crippen LogP) is 6.40. The number of oxime groups is 1. The Balaban J connectivity index is 1.61. The van der Waals surface area contributed by atoms with Gasteiger partial charge in [0.15, 0.2) is 5.82 Å². The molecule has 7 nitrogen and oxygen atoms in total. The van der Waals surface area contributed by atoms with Gasteiger partial charge in [-0.2, -0.15) is 26.9 Å². The first-order valence-electron chi connectivity index (χ1n) is 11.0. The molecule has 14 heteroatoms. The highest BCUT2D eigenvalue weighted by molar-refractivity contribution is 6.34. The van der Waals surface area contributed by atoms with Crippen LogP contribution in [0.1, 0.15) is 46.2 Å². The maximum absolute atomic E-state index is 14.3. The van der Waals surface area contributed by atoms with Crippen LogP contribution in [0.3, 0.4) is 0 Å². The summed E-state index contributed by atoms with van der Waals surface area (Å²) >= 11 is 11.9. The lowest BCUT2D eigenvalue weighted by atomic mass is 9.86. The number of rotatable bonds is 5. The molecule has 38 heavy (non-hydrogen) atoms. The Bertz CT molecular complexity index is 1430. The number of anilines is 1. The Hall–Kier alpha value is -3.25. The molecule has 1 atom stereocenters. The zero-order valence-electron chi connectivity index (χ0n) is 20.4. The van der Waals surface area contributed by atoms with Crippen LogP contribution in [0.5, 0.6) is 0 Å². The van der Waals surface area contributed by atoms with Gasteiger partial charge in [0.25, 0.3) is 17.5 Å².